The van der Waals surface area contributed by atoms with E-state index in [1.165, 1.54) is 30.4 Å². The van der Waals surface area contributed by atoms with Crippen molar-refractivity contribution in [2.75, 3.05) is 6.54 Å². The quantitative estimate of drug-likeness (QED) is 0.722. The topological polar surface area (TPSA) is 12.0 Å². The summed E-state index contributed by atoms with van der Waals surface area (Å²) < 4.78 is 1.22. The molecule has 0 bridgehead atoms. The fraction of sp³-hybridized carbons (Fsp3) is 0.467. The highest BCUT2D eigenvalue weighted by Gasteiger charge is 2.15. The first-order chi connectivity index (χ1) is 9.10. The standard InChI is InChI=1S/C15H20BrNS2/c1-4-7-17-13(9-12-5-6-15(16)19-12)14-8-10(2)11(3)18-14/h5-6,8,13,17H,4,7,9H2,1-3H3. The van der Waals surface area contributed by atoms with Crippen LogP contribution in [0.5, 0.6) is 0 Å². The number of hydrogen-bond acceptors (Lipinski definition) is 3. The monoisotopic (exact) mass is 357 g/mol. The van der Waals surface area contributed by atoms with Gasteiger partial charge in [0, 0.05) is 27.1 Å². The van der Waals surface area contributed by atoms with Crippen molar-refractivity contribution in [1.82, 2.24) is 5.32 Å². The Morgan fingerprint density at radius 2 is 2.05 bits per heavy atom. The van der Waals surface area contributed by atoms with E-state index in [9.17, 15) is 0 Å². The summed E-state index contributed by atoms with van der Waals surface area (Å²) in [7, 11) is 0. The molecule has 1 unspecified atom stereocenters. The summed E-state index contributed by atoms with van der Waals surface area (Å²) in [6.45, 7) is 7.71. The summed E-state index contributed by atoms with van der Waals surface area (Å²) in [5.74, 6) is 0. The maximum Gasteiger partial charge on any atom is 0.0701 e. The predicted molar refractivity (Wildman–Crippen MR) is 90.6 cm³/mol. The lowest BCUT2D eigenvalue weighted by atomic mass is 10.1. The molecule has 1 nitrogen and oxygen atoms in total. The van der Waals surface area contributed by atoms with E-state index in [1.807, 2.05) is 22.7 Å². The summed E-state index contributed by atoms with van der Waals surface area (Å²) in [6.07, 6.45) is 2.25. The normalized spacial score (nSPS) is 12.8. The van der Waals surface area contributed by atoms with Crippen molar-refractivity contribution in [2.24, 2.45) is 0 Å². The lowest BCUT2D eigenvalue weighted by molar-refractivity contribution is 0.539. The molecule has 0 saturated carbocycles. The molecule has 0 radical (unpaired) electrons. The number of rotatable bonds is 6. The van der Waals surface area contributed by atoms with Gasteiger partial charge in [0.05, 0.1) is 3.79 Å². The molecule has 2 heterocycles. The molecule has 0 aliphatic rings. The van der Waals surface area contributed by atoms with Crippen LogP contribution in [0.2, 0.25) is 0 Å². The molecule has 0 spiro atoms. The van der Waals surface area contributed by atoms with Gasteiger partial charge in [-0.2, -0.15) is 0 Å². The van der Waals surface area contributed by atoms with Crippen LogP contribution >= 0.6 is 38.6 Å². The fourth-order valence-electron chi connectivity index (χ4n) is 2.03. The Morgan fingerprint density at radius 1 is 1.26 bits per heavy atom. The highest BCUT2D eigenvalue weighted by Crippen LogP contribution is 2.31. The maximum absolute atomic E-state index is 3.69. The van der Waals surface area contributed by atoms with Crippen molar-refractivity contribution < 1.29 is 0 Å². The van der Waals surface area contributed by atoms with Crippen molar-refractivity contribution in [1.29, 1.82) is 0 Å². The summed E-state index contributed by atoms with van der Waals surface area (Å²) in [5.41, 5.74) is 1.41. The van der Waals surface area contributed by atoms with Crippen molar-refractivity contribution in [3.05, 3.63) is 42.2 Å². The van der Waals surface area contributed by atoms with E-state index in [0.717, 1.165) is 13.0 Å². The Bertz CT molecular complexity index is 510. The van der Waals surface area contributed by atoms with E-state index >= 15 is 0 Å². The Morgan fingerprint density at radius 3 is 2.58 bits per heavy atom. The summed E-state index contributed by atoms with van der Waals surface area (Å²) in [5, 5.41) is 3.69. The number of thiophene rings is 2. The van der Waals surface area contributed by atoms with Crippen molar-refractivity contribution >= 4 is 38.6 Å². The van der Waals surface area contributed by atoms with E-state index in [4.69, 9.17) is 0 Å². The zero-order chi connectivity index (χ0) is 13.8. The zero-order valence-corrected chi connectivity index (χ0v) is 14.8. The highest BCUT2D eigenvalue weighted by atomic mass is 79.9. The molecule has 0 aromatic carbocycles. The number of nitrogens with one attached hydrogen (secondary N) is 1. The van der Waals surface area contributed by atoms with E-state index in [-0.39, 0.29) is 0 Å². The first kappa shape index (κ1) is 15.2. The fourth-order valence-corrected chi connectivity index (χ4v) is 4.67. The van der Waals surface area contributed by atoms with E-state index < -0.39 is 0 Å². The number of aryl methyl sites for hydroxylation is 2. The molecule has 104 valence electrons. The summed E-state index contributed by atoms with van der Waals surface area (Å²) in [4.78, 5) is 4.34. The first-order valence-electron chi connectivity index (χ1n) is 6.64. The van der Waals surface area contributed by atoms with Gasteiger partial charge in [0.1, 0.15) is 0 Å². The van der Waals surface area contributed by atoms with Gasteiger partial charge in [-0.1, -0.05) is 6.92 Å². The molecule has 0 fully saturated rings. The largest absolute Gasteiger partial charge is 0.309 e. The lowest BCUT2D eigenvalue weighted by Gasteiger charge is -2.16. The van der Waals surface area contributed by atoms with Crippen molar-refractivity contribution in [3.63, 3.8) is 0 Å². The minimum atomic E-state index is 0.447. The molecule has 4 heteroatoms. The van der Waals surface area contributed by atoms with Gasteiger partial charge in [-0.15, -0.1) is 22.7 Å². The minimum Gasteiger partial charge on any atom is -0.309 e. The van der Waals surface area contributed by atoms with E-state index in [1.54, 1.807) is 0 Å². The molecule has 2 rings (SSSR count). The van der Waals surface area contributed by atoms with Crippen molar-refractivity contribution in [3.8, 4) is 0 Å². The van der Waals surface area contributed by atoms with Crippen LogP contribution in [-0.4, -0.2) is 6.54 Å². The second-order valence-corrected chi connectivity index (χ2v) is 8.64. The lowest BCUT2D eigenvalue weighted by Crippen LogP contribution is -2.23. The van der Waals surface area contributed by atoms with Gasteiger partial charge in [-0.25, -0.2) is 0 Å². The van der Waals surface area contributed by atoms with E-state index in [0.29, 0.717) is 6.04 Å². The predicted octanol–water partition coefficient (Wildman–Crippen LogP) is 5.47. The second kappa shape index (κ2) is 7.02. The molecule has 1 atom stereocenters. The average Bonchev–Trinajstić information content (AvgIpc) is 2.92. The van der Waals surface area contributed by atoms with Crippen LogP contribution in [0.25, 0.3) is 0 Å². The van der Waals surface area contributed by atoms with Gasteiger partial charge in [0.2, 0.25) is 0 Å². The third kappa shape index (κ3) is 4.15. The third-order valence-corrected chi connectivity index (χ3v) is 6.12. The van der Waals surface area contributed by atoms with Crippen LogP contribution in [0.3, 0.4) is 0 Å². The molecule has 0 saturated heterocycles. The summed E-state index contributed by atoms with van der Waals surface area (Å²) >= 11 is 7.31. The Labute approximate surface area is 132 Å². The van der Waals surface area contributed by atoms with Gasteiger partial charge in [-0.3, -0.25) is 0 Å². The molecule has 0 aliphatic carbocycles. The Kier molecular flexibility index (Phi) is 5.63. The highest BCUT2D eigenvalue weighted by molar-refractivity contribution is 9.11. The van der Waals surface area contributed by atoms with Gasteiger partial charge in [-0.05, 0) is 66.5 Å². The Hall–Kier alpha value is -0.160. The van der Waals surface area contributed by atoms with E-state index in [2.05, 4.69) is 60.2 Å². The van der Waals surface area contributed by atoms with Crippen molar-refractivity contribution in [2.45, 2.75) is 39.7 Å². The smallest absolute Gasteiger partial charge is 0.0701 e. The van der Waals surface area contributed by atoms with Gasteiger partial charge in [0.25, 0.3) is 0 Å². The Balaban J connectivity index is 2.15. The third-order valence-electron chi connectivity index (χ3n) is 3.20. The molecule has 0 amide bonds. The molecule has 2 aromatic heterocycles. The molecular weight excluding hydrogens is 338 g/mol. The molecule has 1 N–H and O–H groups in total. The van der Waals surface area contributed by atoms with Gasteiger partial charge >= 0.3 is 0 Å². The molecular formula is C15H20BrNS2. The first-order valence-corrected chi connectivity index (χ1v) is 9.07. The van der Waals surface area contributed by atoms with Crippen LogP contribution in [0, 0.1) is 13.8 Å². The number of halogens is 1. The molecule has 0 aliphatic heterocycles. The van der Waals surface area contributed by atoms with Crippen LogP contribution in [0.4, 0.5) is 0 Å². The molecule has 2 aromatic rings. The second-order valence-electron chi connectivity index (χ2n) is 4.80. The van der Waals surface area contributed by atoms with Crippen LogP contribution in [0.15, 0.2) is 22.0 Å². The minimum absolute atomic E-state index is 0.447. The van der Waals surface area contributed by atoms with Crippen LogP contribution in [-0.2, 0) is 6.42 Å². The maximum atomic E-state index is 3.69. The zero-order valence-electron chi connectivity index (χ0n) is 11.6. The van der Waals surface area contributed by atoms with Gasteiger partial charge in [0.15, 0.2) is 0 Å². The van der Waals surface area contributed by atoms with Crippen LogP contribution < -0.4 is 5.32 Å². The van der Waals surface area contributed by atoms with Gasteiger partial charge < -0.3 is 5.32 Å². The summed E-state index contributed by atoms with van der Waals surface area (Å²) in [6, 6.07) is 7.16. The average molecular weight is 358 g/mol. The number of hydrogen-bond donors (Lipinski definition) is 1. The van der Waals surface area contributed by atoms with Crippen LogP contribution in [0.1, 0.15) is 39.6 Å². The SMILES string of the molecule is CCCNC(Cc1ccc(Br)s1)c1cc(C)c(C)s1. The molecule has 19 heavy (non-hydrogen) atoms.